The molecule has 1 spiro atoms. The van der Waals surface area contributed by atoms with Crippen molar-refractivity contribution in [2.24, 2.45) is 34.1 Å². The molecule has 1 aromatic heterocycles. The molecule has 0 unspecified atom stereocenters. The summed E-state index contributed by atoms with van der Waals surface area (Å²) < 4.78 is 5.82. The van der Waals surface area contributed by atoms with Crippen LogP contribution in [0.25, 0.3) is 0 Å². The summed E-state index contributed by atoms with van der Waals surface area (Å²) in [6.07, 6.45) is 12.5. The average Bonchev–Trinajstić information content (AvgIpc) is 3.04. The lowest BCUT2D eigenvalue weighted by Crippen LogP contribution is -2.62. The van der Waals surface area contributed by atoms with E-state index in [0.717, 1.165) is 45.3 Å². The first-order valence-electron chi connectivity index (χ1n) is 11.3. The fraction of sp³-hybridized carbons (Fsp3) is 0.696. The van der Waals surface area contributed by atoms with Gasteiger partial charge in [-0.25, -0.2) is 4.98 Å². The summed E-state index contributed by atoms with van der Waals surface area (Å²) in [4.78, 5) is 33.6. The minimum atomic E-state index is -1.31. The Morgan fingerprint density at radius 1 is 1.13 bits per heavy atom. The molecule has 3 fully saturated rings. The minimum Gasteiger partial charge on any atom is -0.447 e. The van der Waals surface area contributed by atoms with Crippen LogP contribution < -0.4 is 11.5 Å². The van der Waals surface area contributed by atoms with Crippen LogP contribution in [0.5, 0.6) is 0 Å². The molecule has 7 nitrogen and oxygen atoms in total. The molecule has 0 radical (unpaired) electrons. The molecule has 3 aliphatic carbocycles. The number of hydrogen-bond acceptors (Lipinski definition) is 5. The highest BCUT2D eigenvalue weighted by Gasteiger charge is 2.84. The number of nitrogens with two attached hydrogens (primary N) is 2. The number of aryl methyl sites for hydroxylation is 1. The summed E-state index contributed by atoms with van der Waals surface area (Å²) in [7, 11) is 0. The standard InChI is InChI=1S/C23H32N4O3/c1-15-14-30-20(26-15)23(19(25)29)17-7-6-16(21(17)9-10-21)22(23,18(24)28)8-2-3-11-27-12-4-5-13-27/h6-7,14,16-17H,2-5,8-13H2,1H3,(H2,24,28)(H2,25,29)/t16-,17+,22+,23+/m1/s1. The van der Waals surface area contributed by atoms with Crippen LogP contribution in [0.15, 0.2) is 22.8 Å². The van der Waals surface area contributed by atoms with Gasteiger partial charge in [0.25, 0.3) is 0 Å². The number of amides is 2. The lowest BCUT2D eigenvalue weighted by atomic mass is 9.54. The molecular formula is C23H32N4O3. The number of primary amides is 2. The van der Waals surface area contributed by atoms with Gasteiger partial charge in [-0.15, -0.1) is 0 Å². The highest BCUT2D eigenvalue weighted by molar-refractivity contribution is 5.98. The van der Waals surface area contributed by atoms with Crippen molar-refractivity contribution in [3.63, 3.8) is 0 Å². The fourth-order valence-electron chi connectivity index (χ4n) is 7.22. The lowest BCUT2D eigenvalue weighted by Gasteiger charge is -2.45. The van der Waals surface area contributed by atoms with Crippen LogP contribution in [0.4, 0.5) is 0 Å². The summed E-state index contributed by atoms with van der Waals surface area (Å²) in [6.45, 7) is 5.14. The van der Waals surface area contributed by atoms with E-state index in [1.807, 2.05) is 6.92 Å². The molecule has 4 atom stereocenters. The topological polar surface area (TPSA) is 115 Å². The van der Waals surface area contributed by atoms with E-state index >= 15 is 0 Å². The predicted molar refractivity (Wildman–Crippen MR) is 111 cm³/mol. The van der Waals surface area contributed by atoms with Gasteiger partial charge < -0.3 is 20.8 Å². The van der Waals surface area contributed by atoms with Crippen LogP contribution in [0.3, 0.4) is 0 Å². The third kappa shape index (κ3) is 2.33. The Kier molecular flexibility index (Phi) is 4.40. The number of allylic oxidation sites excluding steroid dienone is 2. The highest BCUT2D eigenvalue weighted by atomic mass is 16.3. The number of oxazole rings is 1. The highest BCUT2D eigenvalue weighted by Crippen LogP contribution is 2.80. The van der Waals surface area contributed by atoms with E-state index in [0.29, 0.717) is 12.1 Å². The van der Waals surface area contributed by atoms with E-state index in [2.05, 4.69) is 22.0 Å². The van der Waals surface area contributed by atoms with Crippen LogP contribution in [0.1, 0.15) is 56.5 Å². The fourth-order valence-corrected chi connectivity index (χ4v) is 7.22. The van der Waals surface area contributed by atoms with Gasteiger partial charge in [-0.2, -0.15) is 0 Å². The monoisotopic (exact) mass is 412 g/mol. The van der Waals surface area contributed by atoms with Crippen molar-refractivity contribution in [2.45, 2.75) is 57.3 Å². The Morgan fingerprint density at radius 3 is 2.40 bits per heavy atom. The first kappa shape index (κ1) is 19.8. The van der Waals surface area contributed by atoms with Gasteiger partial charge in [0, 0.05) is 5.92 Å². The molecule has 4 aliphatic rings. The zero-order valence-corrected chi connectivity index (χ0v) is 17.7. The Morgan fingerprint density at radius 2 is 1.83 bits per heavy atom. The zero-order valence-electron chi connectivity index (χ0n) is 17.7. The number of likely N-dealkylation sites (tertiary alicyclic amines) is 1. The normalized spacial score (nSPS) is 36.0. The van der Waals surface area contributed by atoms with Crippen molar-refractivity contribution in [1.82, 2.24) is 9.88 Å². The Hall–Kier alpha value is -2.15. The summed E-state index contributed by atoms with van der Waals surface area (Å²) >= 11 is 0. The molecule has 2 heterocycles. The number of carbonyl (C=O) groups is 2. The van der Waals surface area contributed by atoms with Crippen molar-refractivity contribution in [3.05, 3.63) is 30.0 Å². The molecule has 1 aromatic rings. The van der Waals surface area contributed by atoms with Crippen LogP contribution in [0.2, 0.25) is 0 Å². The second kappa shape index (κ2) is 6.67. The molecule has 2 saturated carbocycles. The number of nitrogens with zero attached hydrogens (tertiary/aromatic N) is 2. The molecule has 1 aliphatic heterocycles. The van der Waals surface area contributed by atoms with Gasteiger partial charge in [0.15, 0.2) is 0 Å². The quantitative estimate of drug-likeness (QED) is 0.501. The summed E-state index contributed by atoms with van der Waals surface area (Å²) in [5.41, 5.74) is 10.5. The van der Waals surface area contributed by atoms with Crippen LogP contribution in [-0.4, -0.2) is 41.3 Å². The molecule has 2 amide bonds. The molecule has 30 heavy (non-hydrogen) atoms. The van der Waals surface area contributed by atoms with E-state index in [1.54, 1.807) is 0 Å². The molecule has 4 N–H and O–H groups in total. The Labute approximate surface area is 177 Å². The first-order chi connectivity index (χ1) is 14.4. The zero-order chi connectivity index (χ0) is 21.1. The van der Waals surface area contributed by atoms with Crippen molar-refractivity contribution in [3.8, 4) is 0 Å². The number of carbonyl (C=O) groups excluding carboxylic acids is 2. The van der Waals surface area contributed by atoms with Gasteiger partial charge in [-0.05, 0) is 76.4 Å². The van der Waals surface area contributed by atoms with Gasteiger partial charge >= 0.3 is 0 Å². The summed E-state index contributed by atoms with van der Waals surface area (Å²) in [5.74, 6) is -0.975. The molecule has 7 heteroatoms. The third-order valence-corrected chi connectivity index (χ3v) is 8.54. The number of aromatic nitrogens is 1. The van der Waals surface area contributed by atoms with Crippen LogP contribution in [0, 0.1) is 29.6 Å². The lowest BCUT2D eigenvalue weighted by molar-refractivity contribution is -0.145. The number of hydrogen-bond donors (Lipinski definition) is 2. The minimum absolute atomic E-state index is 0.0843. The third-order valence-electron chi connectivity index (χ3n) is 8.54. The molecule has 2 bridgehead atoms. The Bertz CT molecular complexity index is 898. The van der Waals surface area contributed by atoms with Crippen LogP contribution >= 0.6 is 0 Å². The number of rotatable bonds is 8. The average molecular weight is 413 g/mol. The van der Waals surface area contributed by atoms with Crippen molar-refractivity contribution in [1.29, 1.82) is 0 Å². The molecule has 5 rings (SSSR count). The molecular weight excluding hydrogens is 380 g/mol. The van der Waals surface area contributed by atoms with E-state index in [9.17, 15) is 9.59 Å². The van der Waals surface area contributed by atoms with Crippen LogP contribution in [-0.2, 0) is 15.0 Å². The molecule has 0 aromatic carbocycles. The van der Waals surface area contributed by atoms with Gasteiger partial charge in [0.2, 0.25) is 17.7 Å². The second-order valence-corrected chi connectivity index (χ2v) is 9.88. The van der Waals surface area contributed by atoms with E-state index in [-0.39, 0.29) is 23.1 Å². The Balaban J connectivity index is 1.55. The molecule has 1 saturated heterocycles. The summed E-state index contributed by atoms with van der Waals surface area (Å²) in [5, 5.41) is 0. The van der Waals surface area contributed by atoms with Gasteiger partial charge in [0.1, 0.15) is 11.7 Å². The first-order valence-corrected chi connectivity index (χ1v) is 11.3. The largest absolute Gasteiger partial charge is 0.447 e. The van der Waals surface area contributed by atoms with Crippen molar-refractivity contribution < 1.29 is 14.0 Å². The maximum absolute atomic E-state index is 13.3. The molecule has 162 valence electrons. The van der Waals surface area contributed by atoms with E-state index in [1.165, 1.54) is 19.1 Å². The van der Waals surface area contributed by atoms with E-state index < -0.39 is 22.6 Å². The van der Waals surface area contributed by atoms with Crippen molar-refractivity contribution >= 4 is 11.8 Å². The second-order valence-electron chi connectivity index (χ2n) is 9.88. The predicted octanol–water partition coefficient (Wildman–Crippen LogP) is 2.04. The maximum Gasteiger partial charge on any atom is 0.234 e. The van der Waals surface area contributed by atoms with Gasteiger partial charge in [-0.3, -0.25) is 9.59 Å². The maximum atomic E-state index is 13.3. The smallest absolute Gasteiger partial charge is 0.234 e. The SMILES string of the molecule is Cc1coc([C@@]2(C(N)=O)[C@H]3C=C[C@H](C34CC4)[C@@]2(CCCCN2CCCC2)C(N)=O)n1. The summed E-state index contributed by atoms with van der Waals surface area (Å²) in [6, 6.07) is 0. The van der Waals surface area contributed by atoms with Gasteiger partial charge in [0.05, 0.1) is 11.1 Å². The van der Waals surface area contributed by atoms with E-state index in [4.69, 9.17) is 15.9 Å². The van der Waals surface area contributed by atoms with Gasteiger partial charge in [-0.1, -0.05) is 18.6 Å². The number of unbranched alkanes of at least 4 members (excludes halogenated alkanes) is 1. The van der Waals surface area contributed by atoms with Crippen molar-refractivity contribution in [2.75, 3.05) is 19.6 Å².